The van der Waals surface area contributed by atoms with Gasteiger partial charge in [-0.25, -0.2) is 0 Å². The van der Waals surface area contributed by atoms with E-state index in [-0.39, 0.29) is 5.54 Å². The van der Waals surface area contributed by atoms with E-state index in [9.17, 15) is 0 Å². The van der Waals surface area contributed by atoms with E-state index < -0.39 is 7.12 Å². The fraction of sp³-hybridized carbons (Fsp3) is 0.538. The molecule has 0 aromatic heterocycles. The number of nitrogens with one attached hydrogen (secondary N) is 1. The smallest absolute Gasteiger partial charge is 0.423 e. The molecule has 5 heteroatoms. The standard InChI is InChI=1S/C13H21BN2O2/c1-13(2,16-9-7-15-8-10-16)11-3-5-12(6-4-11)14(17)18/h3-6,15,17-18H,7-10H2,1-2H3. The van der Waals surface area contributed by atoms with E-state index in [2.05, 4.69) is 24.1 Å². The van der Waals surface area contributed by atoms with Crippen LogP contribution in [0.1, 0.15) is 19.4 Å². The Bertz CT molecular complexity index is 386. The maximum atomic E-state index is 9.10. The fourth-order valence-electron chi connectivity index (χ4n) is 2.47. The van der Waals surface area contributed by atoms with E-state index >= 15 is 0 Å². The van der Waals surface area contributed by atoms with Gasteiger partial charge in [-0.15, -0.1) is 0 Å². The summed E-state index contributed by atoms with van der Waals surface area (Å²) in [6.07, 6.45) is 0. The van der Waals surface area contributed by atoms with Crippen LogP contribution in [0.4, 0.5) is 0 Å². The molecular formula is C13H21BN2O2. The number of nitrogens with zero attached hydrogens (tertiary/aromatic N) is 1. The van der Waals surface area contributed by atoms with E-state index in [0.29, 0.717) is 5.46 Å². The van der Waals surface area contributed by atoms with E-state index in [4.69, 9.17) is 10.0 Å². The lowest BCUT2D eigenvalue weighted by Gasteiger charge is -2.41. The highest BCUT2D eigenvalue weighted by atomic mass is 16.4. The van der Waals surface area contributed by atoms with Gasteiger partial charge in [0.15, 0.2) is 0 Å². The van der Waals surface area contributed by atoms with Crippen molar-refractivity contribution in [2.75, 3.05) is 26.2 Å². The van der Waals surface area contributed by atoms with Crippen molar-refractivity contribution in [3.63, 3.8) is 0 Å². The molecule has 98 valence electrons. The summed E-state index contributed by atoms with van der Waals surface area (Å²) in [7, 11) is -1.39. The van der Waals surface area contributed by atoms with Crippen molar-refractivity contribution in [3.05, 3.63) is 29.8 Å². The predicted molar refractivity (Wildman–Crippen MR) is 73.7 cm³/mol. The first kappa shape index (κ1) is 13.6. The molecule has 0 bridgehead atoms. The first-order chi connectivity index (χ1) is 8.51. The molecule has 0 radical (unpaired) electrons. The number of benzene rings is 1. The first-order valence-corrected chi connectivity index (χ1v) is 6.44. The van der Waals surface area contributed by atoms with Crippen LogP contribution in [0.2, 0.25) is 0 Å². The third-order valence-electron chi connectivity index (χ3n) is 3.82. The average molecular weight is 248 g/mol. The van der Waals surface area contributed by atoms with Gasteiger partial charge >= 0.3 is 7.12 Å². The number of hydrogen-bond acceptors (Lipinski definition) is 4. The Morgan fingerprint density at radius 3 is 2.17 bits per heavy atom. The summed E-state index contributed by atoms with van der Waals surface area (Å²) in [6.45, 7) is 8.55. The molecule has 0 saturated carbocycles. The molecule has 1 fully saturated rings. The van der Waals surface area contributed by atoms with E-state index in [1.165, 1.54) is 5.56 Å². The number of rotatable bonds is 3. The Labute approximate surface area is 109 Å². The zero-order valence-electron chi connectivity index (χ0n) is 11.1. The molecule has 3 N–H and O–H groups in total. The predicted octanol–water partition coefficient (Wildman–Crippen LogP) is -0.493. The highest BCUT2D eigenvalue weighted by Gasteiger charge is 2.29. The minimum atomic E-state index is -1.39. The molecule has 1 heterocycles. The zero-order chi connectivity index (χ0) is 13.2. The Balaban J connectivity index is 2.17. The third-order valence-corrected chi connectivity index (χ3v) is 3.82. The second-order valence-corrected chi connectivity index (χ2v) is 5.29. The summed E-state index contributed by atoms with van der Waals surface area (Å²) < 4.78 is 0. The van der Waals surface area contributed by atoms with Crippen LogP contribution >= 0.6 is 0 Å². The van der Waals surface area contributed by atoms with Gasteiger partial charge in [0, 0.05) is 31.7 Å². The quantitative estimate of drug-likeness (QED) is 0.632. The Morgan fingerprint density at radius 2 is 1.67 bits per heavy atom. The maximum absolute atomic E-state index is 9.10. The van der Waals surface area contributed by atoms with Crippen molar-refractivity contribution in [3.8, 4) is 0 Å². The summed E-state index contributed by atoms with van der Waals surface area (Å²) in [5, 5.41) is 21.6. The van der Waals surface area contributed by atoms with Gasteiger partial charge in [0.25, 0.3) is 0 Å². The van der Waals surface area contributed by atoms with E-state index in [1.807, 2.05) is 12.1 Å². The van der Waals surface area contributed by atoms with Crippen LogP contribution in [0.25, 0.3) is 0 Å². The lowest BCUT2D eigenvalue weighted by Crippen LogP contribution is -2.51. The number of piperazine rings is 1. The highest BCUT2D eigenvalue weighted by molar-refractivity contribution is 6.58. The van der Waals surface area contributed by atoms with Crippen LogP contribution in [0, 0.1) is 0 Å². The van der Waals surface area contributed by atoms with Crippen molar-refractivity contribution in [1.29, 1.82) is 0 Å². The lowest BCUT2D eigenvalue weighted by molar-refractivity contribution is 0.103. The van der Waals surface area contributed by atoms with Gasteiger partial charge in [0.05, 0.1) is 0 Å². The summed E-state index contributed by atoms with van der Waals surface area (Å²) in [6, 6.07) is 7.53. The van der Waals surface area contributed by atoms with Crippen LogP contribution in [0.5, 0.6) is 0 Å². The van der Waals surface area contributed by atoms with Gasteiger partial charge in [-0.3, -0.25) is 4.90 Å². The Hall–Kier alpha value is -0.875. The van der Waals surface area contributed by atoms with Crippen LogP contribution in [0.3, 0.4) is 0 Å². The monoisotopic (exact) mass is 248 g/mol. The summed E-state index contributed by atoms with van der Waals surface area (Å²) in [5.41, 5.74) is 1.71. The van der Waals surface area contributed by atoms with Gasteiger partial charge in [-0.05, 0) is 24.9 Å². The largest absolute Gasteiger partial charge is 0.488 e. The molecule has 1 aliphatic rings. The average Bonchev–Trinajstić information content (AvgIpc) is 2.40. The molecule has 0 spiro atoms. The Morgan fingerprint density at radius 1 is 1.11 bits per heavy atom. The maximum Gasteiger partial charge on any atom is 0.488 e. The molecule has 1 saturated heterocycles. The van der Waals surface area contributed by atoms with Gasteiger partial charge in [-0.2, -0.15) is 0 Å². The summed E-state index contributed by atoms with van der Waals surface area (Å²) in [5.74, 6) is 0. The second-order valence-electron chi connectivity index (χ2n) is 5.29. The molecule has 18 heavy (non-hydrogen) atoms. The van der Waals surface area contributed by atoms with Crippen LogP contribution in [0.15, 0.2) is 24.3 Å². The molecule has 1 aromatic rings. The SMILES string of the molecule is CC(C)(c1ccc(B(O)O)cc1)N1CCNCC1. The van der Waals surface area contributed by atoms with E-state index in [0.717, 1.165) is 26.2 Å². The topological polar surface area (TPSA) is 55.7 Å². The molecule has 0 amide bonds. The zero-order valence-corrected chi connectivity index (χ0v) is 11.1. The molecule has 0 unspecified atom stereocenters. The van der Waals surface area contributed by atoms with Crippen LogP contribution < -0.4 is 10.8 Å². The molecule has 0 aliphatic carbocycles. The van der Waals surface area contributed by atoms with Gasteiger partial charge in [0.2, 0.25) is 0 Å². The highest BCUT2D eigenvalue weighted by Crippen LogP contribution is 2.27. The van der Waals surface area contributed by atoms with Crippen molar-refractivity contribution in [2.45, 2.75) is 19.4 Å². The van der Waals surface area contributed by atoms with Gasteiger partial charge in [0.1, 0.15) is 0 Å². The molecular weight excluding hydrogens is 227 g/mol. The minimum absolute atomic E-state index is 0.0267. The third kappa shape index (κ3) is 2.75. The molecule has 2 rings (SSSR count). The molecule has 1 aromatic carbocycles. The van der Waals surface area contributed by atoms with Crippen LogP contribution in [-0.2, 0) is 5.54 Å². The van der Waals surface area contributed by atoms with Crippen molar-refractivity contribution in [1.82, 2.24) is 10.2 Å². The second kappa shape index (κ2) is 5.40. The molecule has 1 aliphatic heterocycles. The molecule has 0 atom stereocenters. The van der Waals surface area contributed by atoms with Crippen LogP contribution in [-0.4, -0.2) is 48.2 Å². The van der Waals surface area contributed by atoms with Crippen molar-refractivity contribution >= 4 is 12.6 Å². The summed E-state index contributed by atoms with van der Waals surface area (Å²) in [4.78, 5) is 2.45. The lowest BCUT2D eigenvalue weighted by atomic mass is 9.78. The number of hydrogen-bond donors (Lipinski definition) is 3. The minimum Gasteiger partial charge on any atom is -0.423 e. The van der Waals surface area contributed by atoms with Gasteiger partial charge < -0.3 is 15.4 Å². The fourth-order valence-corrected chi connectivity index (χ4v) is 2.47. The molecule has 4 nitrogen and oxygen atoms in total. The first-order valence-electron chi connectivity index (χ1n) is 6.44. The van der Waals surface area contributed by atoms with E-state index in [1.54, 1.807) is 12.1 Å². The van der Waals surface area contributed by atoms with Crippen molar-refractivity contribution in [2.24, 2.45) is 0 Å². The Kier molecular flexibility index (Phi) is 4.07. The van der Waals surface area contributed by atoms with Gasteiger partial charge in [-0.1, -0.05) is 24.3 Å². The summed E-state index contributed by atoms with van der Waals surface area (Å²) >= 11 is 0. The van der Waals surface area contributed by atoms with Crippen molar-refractivity contribution < 1.29 is 10.0 Å². The normalized spacial score (nSPS) is 17.8.